The smallest absolute Gasteiger partial charge is 0.0474 e. The van der Waals surface area contributed by atoms with E-state index in [0.29, 0.717) is 18.4 Å². The van der Waals surface area contributed by atoms with Crippen molar-refractivity contribution in [1.29, 1.82) is 0 Å². The first-order valence-corrected chi connectivity index (χ1v) is 4.87. The van der Waals surface area contributed by atoms with Crippen molar-refractivity contribution >= 4 is 0 Å². The van der Waals surface area contributed by atoms with Crippen molar-refractivity contribution in [3.05, 3.63) is 0 Å². The Balaban J connectivity index is 1.86. The molecule has 12 heavy (non-hydrogen) atoms. The van der Waals surface area contributed by atoms with Crippen LogP contribution in [0.1, 0.15) is 6.92 Å². The molecule has 0 amide bonds. The zero-order valence-corrected chi connectivity index (χ0v) is 7.66. The number of aliphatic hydroxyl groups excluding tert-OH is 1. The summed E-state index contributed by atoms with van der Waals surface area (Å²) in [6.45, 7) is 7.17. The van der Waals surface area contributed by atoms with Crippen LogP contribution in [0.2, 0.25) is 0 Å². The maximum atomic E-state index is 9.08. The molecule has 0 aromatic carbocycles. The Morgan fingerprint density at radius 1 is 1.42 bits per heavy atom. The molecule has 0 aromatic heterocycles. The van der Waals surface area contributed by atoms with Gasteiger partial charge in [-0.05, 0) is 11.8 Å². The van der Waals surface area contributed by atoms with E-state index in [4.69, 9.17) is 5.11 Å². The third-order valence-electron chi connectivity index (χ3n) is 3.31. The average Bonchev–Trinajstić information content (AvgIpc) is 2.27. The predicted molar refractivity (Wildman–Crippen MR) is 48.0 cm³/mol. The maximum Gasteiger partial charge on any atom is 0.0474 e. The van der Waals surface area contributed by atoms with Gasteiger partial charge in [0, 0.05) is 38.8 Å². The standard InChI is InChI=1S/C9H18N2O/c1-7-4-11(5-8(7)6-12)9-2-10-3-9/h7-10,12H,2-6H2,1H3/t7-,8+/m1/s1. The van der Waals surface area contributed by atoms with Crippen LogP contribution in [0.4, 0.5) is 0 Å². The van der Waals surface area contributed by atoms with E-state index in [1.165, 1.54) is 6.54 Å². The highest BCUT2D eigenvalue weighted by Crippen LogP contribution is 2.24. The van der Waals surface area contributed by atoms with Crippen LogP contribution in [-0.4, -0.2) is 48.8 Å². The van der Waals surface area contributed by atoms with Gasteiger partial charge in [0.2, 0.25) is 0 Å². The maximum absolute atomic E-state index is 9.08. The first-order chi connectivity index (χ1) is 5.81. The second-order valence-corrected chi connectivity index (χ2v) is 4.19. The highest BCUT2D eigenvalue weighted by Gasteiger charge is 2.35. The number of hydrogen-bond donors (Lipinski definition) is 2. The van der Waals surface area contributed by atoms with Gasteiger partial charge in [0.05, 0.1) is 0 Å². The molecule has 2 atom stereocenters. The Hall–Kier alpha value is -0.120. The van der Waals surface area contributed by atoms with Crippen LogP contribution < -0.4 is 5.32 Å². The molecular weight excluding hydrogens is 152 g/mol. The van der Waals surface area contributed by atoms with Gasteiger partial charge in [0.1, 0.15) is 0 Å². The fourth-order valence-electron chi connectivity index (χ4n) is 2.14. The van der Waals surface area contributed by atoms with E-state index < -0.39 is 0 Å². The Labute approximate surface area is 73.8 Å². The lowest BCUT2D eigenvalue weighted by Crippen LogP contribution is -2.56. The topological polar surface area (TPSA) is 35.5 Å². The lowest BCUT2D eigenvalue weighted by molar-refractivity contribution is 0.160. The second-order valence-electron chi connectivity index (χ2n) is 4.19. The fourth-order valence-corrected chi connectivity index (χ4v) is 2.14. The van der Waals surface area contributed by atoms with Crippen molar-refractivity contribution in [1.82, 2.24) is 10.2 Å². The quantitative estimate of drug-likeness (QED) is 0.587. The number of nitrogens with one attached hydrogen (secondary N) is 1. The summed E-state index contributed by atoms with van der Waals surface area (Å²) in [4.78, 5) is 2.52. The van der Waals surface area contributed by atoms with E-state index in [9.17, 15) is 0 Å². The average molecular weight is 170 g/mol. The van der Waals surface area contributed by atoms with Crippen molar-refractivity contribution in [2.24, 2.45) is 11.8 Å². The summed E-state index contributed by atoms with van der Waals surface area (Å²) in [5.41, 5.74) is 0. The first-order valence-electron chi connectivity index (χ1n) is 4.87. The summed E-state index contributed by atoms with van der Waals surface area (Å²) in [5.74, 6) is 1.20. The van der Waals surface area contributed by atoms with Crippen molar-refractivity contribution in [3.63, 3.8) is 0 Å². The molecule has 70 valence electrons. The molecule has 0 radical (unpaired) electrons. The number of hydrogen-bond acceptors (Lipinski definition) is 3. The van der Waals surface area contributed by atoms with Gasteiger partial charge in [-0.2, -0.15) is 0 Å². The largest absolute Gasteiger partial charge is 0.396 e. The summed E-state index contributed by atoms with van der Waals surface area (Å²) in [6.07, 6.45) is 0. The number of aliphatic hydroxyl groups is 1. The van der Waals surface area contributed by atoms with Crippen molar-refractivity contribution in [2.45, 2.75) is 13.0 Å². The van der Waals surface area contributed by atoms with E-state index in [-0.39, 0.29) is 0 Å². The molecule has 0 saturated carbocycles. The summed E-state index contributed by atoms with van der Waals surface area (Å²) >= 11 is 0. The lowest BCUT2D eigenvalue weighted by Gasteiger charge is -2.35. The molecule has 2 fully saturated rings. The van der Waals surface area contributed by atoms with E-state index in [1.807, 2.05) is 0 Å². The monoisotopic (exact) mass is 170 g/mol. The van der Waals surface area contributed by atoms with Crippen LogP contribution in [0.25, 0.3) is 0 Å². The van der Waals surface area contributed by atoms with E-state index in [0.717, 1.165) is 25.7 Å². The van der Waals surface area contributed by atoms with E-state index in [2.05, 4.69) is 17.1 Å². The van der Waals surface area contributed by atoms with Gasteiger partial charge in [-0.3, -0.25) is 4.90 Å². The zero-order valence-electron chi connectivity index (χ0n) is 7.66. The van der Waals surface area contributed by atoms with Crippen molar-refractivity contribution < 1.29 is 5.11 Å². The number of likely N-dealkylation sites (tertiary alicyclic amines) is 1. The van der Waals surface area contributed by atoms with Crippen LogP contribution in [-0.2, 0) is 0 Å². The molecule has 0 spiro atoms. The molecule has 0 aliphatic carbocycles. The van der Waals surface area contributed by atoms with Gasteiger partial charge in [0.25, 0.3) is 0 Å². The molecular formula is C9H18N2O. The van der Waals surface area contributed by atoms with Crippen molar-refractivity contribution in [2.75, 3.05) is 32.8 Å². The molecule has 2 heterocycles. The Bertz CT molecular complexity index is 159. The van der Waals surface area contributed by atoms with E-state index in [1.54, 1.807) is 0 Å². The second kappa shape index (κ2) is 3.32. The lowest BCUT2D eigenvalue weighted by atomic mass is 10.00. The van der Waals surface area contributed by atoms with Gasteiger partial charge < -0.3 is 10.4 Å². The summed E-state index contributed by atoms with van der Waals surface area (Å²) in [5, 5.41) is 12.4. The number of rotatable bonds is 2. The molecule has 2 aliphatic rings. The van der Waals surface area contributed by atoms with Gasteiger partial charge in [-0.15, -0.1) is 0 Å². The summed E-state index contributed by atoms with van der Waals surface area (Å²) in [7, 11) is 0. The normalized spacial score (nSPS) is 38.5. The minimum Gasteiger partial charge on any atom is -0.396 e. The summed E-state index contributed by atoms with van der Waals surface area (Å²) < 4.78 is 0. The molecule has 0 aromatic rings. The minimum atomic E-state index is 0.359. The third kappa shape index (κ3) is 1.37. The number of nitrogens with zero attached hydrogens (tertiary/aromatic N) is 1. The molecule has 3 nitrogen and oxygen atoms in total. The Kier molecular flexibility index (Phi) is 2.35. The molecule has 0 bridgehead atoms. The van der Waals surface area contributed by atoms with Crippen LogP contribution in [0.15, 0.2) is 0 Å². The molecule has 2 saturated heterocycles. The Morgan fingerprint density at radius 2 is 2.17 bits per heavy atom. The summed E-state index contributed by atoms with van der Waals surface area (Å²) in [6, 6.07) is 0.754. The zero-order chi connectivity index (χ0) is 8.55. The molecule has 2 rings (SSSR count). The van der Waals surface area contributed by atoms with Crippen LogP contribution in [0.5, 0.6) is 0 Å². The van der Waals surface area contributed by atoms with E-state index >= 15 is 0 Å². The molecule has 2 aliphatic heterocycles. The highest BCUT2D eigenvalue weighted by molar-refractivity contribution is 4.91. The minimum absolute atomic E-state index is 0.359. The fraction of sp³-hybridized carbons (Fsp3) is 1.00. The molecule has 0 unspecified atom stereocenters. The van der Waals surface area contributed by atoms with Gasteiger partial charge >= 0.3 is 0 Å². The predicted octanol–water partition coefficient (Wildman–Crippen LogP) is -0.482. The van der Waals surface area contributed by atoms with Gasteiger partial charge in [0.15, 0.2) is 0 Å². The SMILES string of the molecule is C[C@@H]1CN(C2CNC2)C[C@H]1CO. The third-order valence-corrected chi connectivity index (χ3v) is 3.31. The Morgan fingerprint density at radius 3 is 2.58 bits per heavy atom. The highest BCUT2D eigenvalue weighted by atomic mass is 16.3. The van der Waals surface area contributed by atoms with Crippen LogP contribution >= 0.6 is 0 Å². The van der Waals surface area contributed by atoms with Crippen LogP contribution in [0.3, 0.4) is 0 Å². The van der Waals surface area contributed by atoms with Gasteiger partial charge in [-0.1, -0.05) is 6.92 Å². The first kappa shape index (κ1) is 8.48. The molecule has 3 heteroatoms. The van der Waals surface area contributed by atoms with Gasteiger partial charge in [-0.25, -0.2) is 0 Å². The van der Waals surface area contributed by atoms with Crippen molar-refractivity contribution in [3.8, 4) is 0 Å². The molecule has 2 N–H and O–H groups in total. The van der Waals surface area contributed by atoms with Crippen LogP contribution in [0, 0.1) is 11.8 Å².